The van der Waals surface area contributed by atoms with E-state index in [-0.39, 0.29) is 11.7 Å². The Morgan fingerprint density at radius 3 is 2.81 bits per heavy atom. The highest BCUT2D eigenvalue weighted by Gasteiger charge is 2.30. The number of anilines is 1. The number of hydrogen-bond donors (Lipinski definition) is 0. The lowest BCUT2D eigenvalue weighted by Gasteiger charge is -2.14. The number of benzene rings is 1. The van der Waals surface area contributed by atoms with Gasteiger partial charge in [0, 0.05) is 23.4 Å². The van der Waals surface area contributed by atoms with Crippen LogP contribution in [0.5, 0.6) is 0 Å². The molecule has 2 heterocycles. The third-order valence-corrected chi connectivity index (χ3v) is 3.69. The molecule has 16 heavy (non-hydrogen) atoms. The number of fused-ring (bicyclic) bond motifs is 1. The lowest BCUT2D eigenvalue weighted by atomic mass is 10.2. The molecule has 1 saturated heterocycles. The van der Waals surface area contributed by atoms with Crippen LogP contribution in [0.15, 0.2) is 29.6 Å². The van der Waals surface area contributed by atoms with Crippen LogP contribution in [0.3, 0.4) is 0 Å². The van der Waals surface area contributed by atoms with Gasteiger partial charge in [-0.1, -0.05) is 0 Å². The van der Waals surface area contributed by atoms with E-state index in [9.17, 15) is 9.59 Å². The summed E-state index contributed by atoms with van der Waals surface area (Å²) >= 11 is 1.67. The van der Waals surface area contributed by atoms with Gasteiger partial charge >= 0.3 is 0 Å². The van der Waals surface area contributed by atoms with Gasteiger partial charge in [-0.15, -0.1) is 11.3 Å². The van der Waals surface area contributed by atoms with Crippen LogP contribution in [-0.2, 0) is 9.59 Å². The highest BCUT2D eigenvalue weighted by Crippen LogP contribution is 2.27. The van der Waals surface area contributed by atoms with E-state index in [1.165, 1.54) is 4.70 Å². The number of hydrogen-bond acceptors (Lipinski definition) is 3. The van der Waals surface area contributed by atoms with Gasteiger partial charge in [-0.3, -0.25) is 9.59 Å². The Morgan fingerprint density at radius 1 is 1.19 bits per heavy atom. The van der Waals surface area contributed by atoms with Gasteiger partial charge < -0.3 is 4.90 Å². The number of amides is 1. The molecule has 0 radical (unpaired) electrons. The minimum atomic E-state index is -0.380. The third-order valence-electron chi connectivity index (χ3n) is 2.79. The van der Waals surface area contributed by atoms with Crippen LogP contribution < -0.4 is 4.90 Å². The molecule has 1 aromatic carbocycles. The third kappa shape index (κ3) is 1.34. The van der Waals surface area contributed by atoms with E-state index in [2.05, 4.69) is 0 Å². The molecule has 80 valence electrons. The number of thiophene rings is 1. The van der Waals surface area contributed by atoms with E-state index >= 15 is 0 Å². The number of rotatable bonds is 1. The maximum atomic E-state index is 11.6. The maximum Gasteiger partial charge on any atom is 0.294 e. The topological polar surface area (TPSA) is 37.4 Å². The molecule has 1 aliphatic heterocycles. The Bertz CT molecular complexity index is 587. The molecule has 1 aliphatic rings. The lowest BCUT2D eigenvalue weighted by Crippen LogP contribution is -2.26. The van der Waals surface area contributed by atoms with E-state index < -0.39 is 0 Å². The summed E-state index contributed by atoms with van der Waals surface area (Å²) in [6.07, 6.45) is 0.334. The number of nitrogens with zero attached hydrogens (tertiary/aromatic N) is 1. The molecular weight excluding hydrogens is 222 g/mol. The smallest absolute Gasteiger partial charge is 0.294 e. The first-order valence-corrected chi connectivity index (χ1v) is 5.95. The number of ketones is 1. The van der Waals surface area contributed by atoms with Crippen molar-refractivity contribution in [2.45, 2.75) is 6.42 Å². The average molecular weight is 231 g/mol. The predicted molar refractivity (Wildman–Crippen MR) is 63.8 cm³/mol. The molecule has 0 bridgehead atoms. The molecule has 0 spiro atoms. The van der Waals surface area contributed by atoms with Crippen molar-refractivity contribution < 1.29 is 9.59 Å². The summed E-state index contributed by atoms with van der Waals surface area (Å²) in [5.74, 6) is -0.667. The molecule has 0 aliphatic carbocycles. The summed E-state index contributed by atoms with van der Waals surface area (Å²) in [5, 5.41) is 3.14. The van der Waals surface area contributed by atoms with E-state index in [0.29, 0.717) is 13.0 Å². The van der Waals surface area contributed by atoms with Crippen LogP contribution >= 0.6 is 11.3 Å². The summed E-state index contributed by atoms with van der Waals surface area (Å²) in [4.78, 5) is 24.3. The highest BCUT2D eigenvalue weighted by molar-refractivity contribution is 7.17. The zero-order valence-corrected chi connectivity index (χ0v) is 9.29. The summed E-state index contributed by atoms with van der Waals surface area (Å²) in [5.41, 5.74) is 0.821. The van der Waals surface area contributed by atoms with Crippen molar-refractivity contribution in [3.05, 3.63) is 29.6 Å². The second-order valence-corrected chi connectivity index (χ2v) is 4.72. The first kappa shape index (κ1) is 9.54. The maximum absolute atomic E-state index is 11.6. The quantitative estimate of drug-likeness (QED) is 0.706. The molecule has 3 rings (SSSR count). The standard InChI is InChI=1S/C12H9NO2S/c14-10-3-5-13(12(10)15)9-1-2-11-8(7-9)4-6-16-11/h1-2,4,6-7H,3,5H2. The van der Waals surface area contributed by atoms with Crippen LogP contribution in [0, 0.1) is 0 Å². The van der Waals surface area contributed by atoms with Gasteiger partial charge in [0.15, 0.2) is 0 Å². The fourth-order valence-electron chi connectivity index (χ4n) is 1.94. The molecule has 1 fully saturated rings. The van der Waals surface area contributed by atoms with Crippen molar-refractivity contribution in [2.75, 3.05) is 11.4 Å². The molecular formula is C12H9NO2S. The molecule has 4 heteroatoms. The molecule has 1 amide bonds. The van der Waals surface area contributed by atoms with Crippen molar-refractivity contribution in [1.82, 2.24) is 0 Å². The highest BCUT2D eigenvalue weighted by atomic mass is 32.1. The summed E-state index contributed by atoms with van der Waals surface area (Å²) in [6, 6.07) is 7.87. The first-order chi connectivity index (χ1) is 7.75. The fourth-order valence-corrected chi connectivity index (χ4v) is 2.71. The van der Waals surface area contributed by atoms with Gasteiger partial charge in [0.2, 0.25) is 5.78 Å². The van der Waals surface area contributed by atoms with Crippen molar-refractivity contribution in [2.24, 2.45) is 0 Å². The zero-order chi connectivity index (χ0) is 11.1. The second-order valence-electron chi connectivity index (χ2n) is 3.77. The van der Waals surface area contributed by atoms with Gasteiger partial charge in [0.25, 0.3) is 5.91 Å². The van der Waals surface area contributed by atoms with Gasteiger partial charge in [-0.2, -0.15) is 0 Å². The minimum absolute atomic E-state index is 0.287. The zero-order valence-electron chi connectivity index (χ0n) is 8.47. The molecule has 0 saturated carbocycles. The van der Waals surface area contributed by atoms with Crippen molar-refractivity contribution in [3.63, 3.8) is 0 Å². The number of carbonyl (C=O) groups is 2. The normalized spacial score (nSPS) is 16.4. The van der Waals surface area contributed by atoms with Crippen LogP contribution in [0.1, 0.15) is 6.42 Å². The van der Waals surface area contributed by atoms with Crippen molar-refractivity contribution >= 4 is 38.8 Å². The second kappa shape index (κ2) is 3.42. The fraction of sp³-hybridized carbons (Fsp3) is 0.167. The van der Waals surface area contributed by atoms with Gasteiger partial charge in [0.05, 0.1) is 0 Å². The molecule has 3 nitrogen and oxygen atoms in total. The van der Waals surface area contributed by atoms with Crippen molar-refractivity contribution in [3.8, 4) is 0 Å². The Morgan fingerprint density at radius 2 is 2.06 bits per heavy atom. The SMILES string of the molecule is O=C1CCN(c2ccc3sccc3c2)C1=O. The van der Waals surface area contributed by atoms with Crippen LogP contribution in [0.2, 0.25) is 0 Å². The van der Waals surface area contributed by atoms with Crippen LogP contribution in [0.4, 0.5) is 5.69 Å². The predicted octanol–water partition coefficient (Wildman–Crippen LogP) is 2.21. The summed E-state index contributed by atoms with van der Waals surface area (Å²) in [7, 11) is 0. The molecule has 1 aromatic heterocycles. The number of Topliss-reactive ketones (excluding diaryl/α,β-unsaturated/α-hetero) is 1. The van der Waals surface area contributed by atoms with Crippen LogP contribution in [-0.4, -0.2) is 18.2 Å². The van der Waals surface area contributed by atoms with Crippen LogP contribution in [0.25, 0.3) is 10.1 Å². The molecule has 2 aromatic rings. The average Bonchev–Trinajstić information content (AvgIpc) is 2.86. The minimum Gasteiger partial charge on any atom is -0.305 e. The number of carbonyl (C=O) groups excluding carboxylic acids is 2. The van der Waals surface area contributed by atoms with Gasteiger partial charge in [0.1, 0.15) is 0 Å². The van der Waals surface area contributed by atoms with E-state index in [4.69, 9.17) is 0 Å². The largest absolute Gasteiger partial charge is 0.305 e. The Labute approximate surface area is 96.3 Å². The van der Waals surface area contributed by atoms with Gasteiger partial charge in [-0.05, 0) is 35.0 Å². The van der Waals surface area contributed by atoms with E-state index in [1.807, 2.05) is 29.6 Å². The molecule has 0 N–H and O–H groups in total. The Balaban J connectivity index is 2.05. The lowest BCUT2D eigenvalue weighted by molar-refractivity contribution is -0.133. The Kier molecular flexibility index (Phi) is 2.04. The first-order valence-electron chi connectivity index (χ1n) is 5.08. The molecule has 0 unspecified atom stereocenters. The van der Waals surface area contributed by atoms with Gasteiger partial charge in [-0.25, -0.2) is 0 Å². The Hall–Kier alpha value is -1.68. The molecule has 0 atom stereocenters. The monoisotopic (exact) mass is 231 g/mol. The van der Waals surface area contributed by atoms with E-state index in [1.54, 1.807) is 16.2 Å². The van der Waals surface area contributed by atoms with E-state index in [0.717, 1.165) is 11.1 Å². The summed E-state index contributed by atoms with van der Waals surface area (Å²) in [6.45, 7) is 0.507. The van der Waals surface area contributed by atoms with Crippen molar-refractivity contribution in [1.29, 1.82) is 0 Å². The summed E-state index contributed by atoms with van der Waals surface area (Å²) < 4.78 is 1.20.